The highest BCUT2D eigenvalue weighted by molar-refractivity contribution is 6.20. The average molecular weight is 281 g/mol. The fourth-order valence-corrected chi connectivity index (χ4v) is 3.33. The molecule has 1 heterocycles. The van der Waals surface area contributed by atoms with Crippen LogP contribution in [0.4, 0.5) is 0 Å². The van der Waals surface area contributed by atoms with Gasteiger partial charge in [-0.3, -0.25) is 0 Å². The number of ether oxygens (including phenoxy) is 1. The van der Waals surface area contributed by atoms with Crippen LogP contribution in [-0.2, 0) is 11.2 Å². The largest absolute Gasteiger partial charge is 0.377 e. The van der Waals surface area contributed by atoms with E-state index in [1.54, 1.807) is 0 Å². The van der Waals surface area contributed by atoms with Gasteiger partial charge >= 0.3 is 0 Å². The van der Waals surface area contributed by atoms with E-state index < -0.39 is 0 Å². The lowest BCUT2D eigenvalue weighted by molar-refractivity contribution is -0.0263. The number of benzene rings is 1. The summed E-state index contributed by atoms with van der Waals surface area (Å²) >= 11 is 6.54. The Bertz CT molecular complexity index is 352. The van der Waals surface area contributed by atoms with E-state index in [0.717, 1.165) is 19.4 Å². The van der Waals surface area contributed by atoms with E-state index >= 15 is 0 Å². The third kappa shape index (κ3) is 4.50. The van der Waals surface area contributed by atoms with Gasteiger partial charge in [0.25, 0.3) is 0 Å². The van der Waals surface area contributed by atoms with Crippen LogP contribution in [0.15, 0.2) is 30.3 Å². The van der Waals surface area contributed by atoms with Crippen molar-refractivity contribution in [3.05, 3.63) is 35.9 Å². The van der Waals surface area contributed by atoms with E-state index in [4.69, 9.17) is 16.3 Å². The molecule has 1 aliphatic rings. The van der Waals surface area contributed by atoms with Crippen LogP contribution >= 0.6 is 11.6 Å². The molecule has 0 aromatic heterocycles. The van der Waals surface area contributed by atoms with Crippen molar-refractivity contribution in [1.29, 1.82) is 0 Å². The Kier molecular flexibility index (Phi) is 6.19. The number of rotatable bonds is 6. The first-order valence-corrected chi connectivity index (χ1v) is 8.04. The lowest BCUT2D eigenvalue weighted by Gasteiger charge is -2.35. The lowest BCUT2D eigenvalue weighted by atomic mass is 9.85. The van der Waals surface area contributed by atoms with Gasteiger partial charge in [-0.2, -0.15) is 0 Å². The minimum absolute atomic E-state index is 0.291. The van der Waals surface area contributed by atoms with E-state index in [-0.39, 0.29) is 0 Å². The first kappa shape index (κ1) is 14.9. The van der Waals surface area contributed by atoms with Crippen molar-refractivity contribution in [1.82, 2.24) is 0 Å². The molecule has 106 valence electrons. The highest BCUT2D eigenvalue weighted by atomic mass is 35.5. The SMILES string of the molecule is CCCCC[C@@H]1[C@H](Cl)CCO[C@@H]1Cc1ccccc1. The van der Waals surface area contributed by atoms with Crippen LogP contribution in [-0.4, -0.2) is 18.1 Å². The third-order valence-electron chi connectivity index (χ3n) is 4.09. The van der Waals surface area contributed by atoms with Crippen LogP contribution in [0.2, 0.25) is 0 Å². The number of unbranched alkanes of at least 4 members (excludes halogenated alkanes) is 2. The summed E-state index contributed by atoms with van der Waals surface area (Å²) in [6.45, 7) is 3.06. The van der Waals surface area contributed by atoms with E-state index in [1.165, 1.54) is 31.2 Å². The fourth-order valence-electron chi connectivity index (χ4n) is 2.96. The molecule has 1 nitrogen and oxygen atoms in total. The Morgan fingerprint density at radius 2 is 2.00 bits per heavy atom. The molecular formula is C17H25ClO. The highest BCUT2D eigenvalue weighted by Gasteiger charge is 2.32. The molecule has 1 saturated heterocycles. The maximum Gasteiger partial charge on any atom is 0.0657 e. The summed E-state index contributed by atoms with van der Waals surface area (Å²) in [5.41, 5.74) is 1.36. The predicted octanol–water partition coefficient (Wildman–Crippen LogP) is 4.82. The van der Waals surface area contributed by atoms with Gasteiger partial charge in [-0.25, -0.2) is 0 Å². The Labute approximate surface area is 122 Å². The van der Waals surface area contributed by atoms with Crippen molar-refractivity contribution in [2.45, 2.75) is 56.9 Å². The summed E-state index contributed by atoms with van der Waals surface area (Å²) in [4.78, 5) is 0. The molecule has 0 bridgehead atoms. The Morgan fingerprint density at radius 3 is 2.74 bits per heavy atom. The van der Waals surface area contributed by atoms with E-state index in [2.05, 4.69) is 37.3 Å². The minimum atomic E-state index is 0.291. The van der Waals surface area contributed by atoms with Gasteiger partial charge in [-0.1, -0.05) is 56.5 Å². The van der Waals surface area contributed by atoms with Crippen molar-refractivity contribution >= 4 is 11.6 Å². The summed E-state index contributed by atoms with van der Waals surface area (Å²) in [5.74, 6) is 0.516. The highest BCUT2D eigenvalue weighted by Crippen LogP contribution is 2.32. The summed E-state index contributed by atoms with van der Waals surface area (Å²) in [6, 6.07) is 10.6. The summed E-state index contributed by atoms with van der Waals surface area (Å²) in [5, 5.41) is 0.291. The summed E-state index contributed by atoms with van der Waals surface area (Å²) < 4.78 is 6.01. The van der Waals surface area contributed by atoms with Crippen LogP contribution in [0.25, 0.3) is 0 Å². The molecule has 0 aliphatic carbocycles. The van der Waals surface area contributed by atoms with E-state index in [0.29, 0.717) is 17.4 Å². The molecule has 3 atom stereocenters. The topological polar surface area (TPSA) is 9.23 Å². The van der Waals surface area contributed by atoms with Crippen LogP contribution in [0, 0.1) is 5.92 Å². The molecule has 1 aromatic carbocycles. The smallest absolute Gasteiger partial charge is 0.0657 e. The zero-order valence-corrected chi connectivity index (χ0v) is 12.6. The lowest BCUT2D eigenvalue weighted by Crippen LogP contribution is -2.38. The molecule has 2 rings (SSSR count). The molecule has 1 aliphatic heterocycles. The normalized spacial score (nSPS) is 27.4. The molecule has 0 radical (unpaired) electrons. The van der Waals surface area contributed by atoms with Gasteiger partial charge in [0.1, 0.15) is 0 Å². The van der Waals surface area contributed by atoms with Crippen molar-refractivity contribution < 1.29 is 4.74 Å². The molecule has 0 N–H and O–H groups in total. The molecule has 1 fully saturated rings. The molecule has 0 spiro atoms. The van der Waals surface area contributed by atoms with Crippen molar-refractivity contribution in [3.8, 4) is 0 Å². The standard InChI is InChI=1S/C17H25ClO/c1-2-3-5-10-15-16(18)11-12-19-17(15)13-14-8-6-4-7-9-14/h4,6-9,15-17H,2-3,5,10-13H2,1H3/t15-,16-,17-/m1/s1. The number of hydrogen-bond acceptors (Lipinski definition) is 1. The number of alkyl halides is 1. The van der Waals surface area contributed by atoms with Gasteiger partial charge in [0.15, 0.2) is 0 Å². The maximum absolute atomic E-state index is 6.54. The molecule has 19 heavy (non-hydrogen) atoms. The first-order chi connectivity index (χ1) is 9.31. The van der Waals surface area contributed by atoms with Gasteiger partial charge in [-0.05, 0) is 24.8 Å². The second-order valence-corrected chi connectivity index (χ2v) is 6.12. The van der Waals surface area contributed by atoms with Gasteiger partial charge < -0.3 is 4.74 Å². The van der Waals surface area contributed by atoms with Gasteiger partial charge in [-0.15, -0.1) is 11.6 Å². The van der Waals surface area contributed by atoms with Crippen molar-refractivity contribution in [2.75, 3.05) is 6.61 Å². The van der Waals surface area contributed by atoms with E-state index in [9.17, 15) is 0 Å². The molecule has 2 heteroatoms. The molecular weight excluding hydrogens is 256 g/mol. The van der Waals surface area contributed by atoms with Crippen LogP contribution in [0.3, 0.4) is 0 Å². The maximum atomic E-state index is 6.54. The Hall–Kier alpha value is -0.530. The van der Waals surface area contributed by atoms with Crippen molar-refractivity contribution in [2.24, 2.45) is 5.92 Å². The van der Waals surface area contributed by atoms with Crippen LogP contribution < -0.4 is 0 Å². The fraction of sp³-hybridized carbons (Fsp3) is 0.647. The second-order valence-electron chi connectivity index (χ2n) is 5.56. The molecule has 0 amide bonds. The molecule has 0 saturated carbocycles. The zero-order chi connectivity index (χ0) is 13.5. The second kappa shape index (κ2) is 7.91. The van der Waals surface area contributed by atoms with Crippen LogP contribution in [0.5, 0.6) is 0 Å². The monoisotopic (exact) mass is 280 g/mol. The minimum Gasteiger partial charge on any atom is -0.377 e. The number of halogens is 1. The number of hydrogen-bond donors (Lipinski definition) is 0. The molecule has 1 aromatic rings. The summed E-state index contributed by atoms with van der Waals surface area (Å²) in [6.07, 6.45) is 7.36. The Balaban J connectivity index is 1.94. The average Bonchev–Trinajstić information content (AvgIpc) is 2.43. The predicted molar refractivity (Wildman–Crippen MR) is 81.8 cm³/mol. The van der Waals surface area contributed by atoms with Gasteiger partial charge in [0.2, 0.25) is 0 Å². The van der Waals surface area contributed by atoms with Crippen molar-refractivity contribution in [3.63, 3.8) is 0 Å². The van der Waals surface area contributed by atoms with Crippen LogP contribution in [0.1, 0.15) is 44.6 Å². The van der Waals surface area contributed by atoms with Gasteiger partial charge in [0.05, 0.1) is 6.10 Å². The first-order valence-electron chi connectivity index (χ1n) is 7.61. The van der Waals surface area contributed by atoms with E-state index in [1.807, 2.05) is 0 Å². The van der Waals surface area contributed by atoms with Gasteiger partial charge in [0, 0.05) is 17.9 Å². The quantitative estimate of drug-likeness (QED) is 0.536. The Morgan fingerprint density at radius 1 is 1.21 bits per heavy atom. The summed E-state index contributed by atoms with van der Waals surface area (Å²) in [7, 11) is 0. The third-order valence-corrected chi connectivity index (χ3v) is 4.63. The zero-order valence-electron chi connectivity index (χ0n) is 11.9. The molecule has 0 unspecified atom stereocenters.